The number of pyridine rings is 1. The summed E-state index contributed by atoms with van der Waals surface area (Å²) in [7, 11) is 2.19. The summed E-state index contributed by atoms with van der Waals surface area (Å²) in [5.41, 5.74) is 5.76. The van der Waals surface area contributed by atoms with Crippen LogP contribution in [0.4, 0.5) is 0 Å². The molecule has 0 spiro atoms. The van der Waals surface area contributed by atoms with Crippen molar-refractivity contribution in [3.05, 3.63) is 72.2 Å². The molecular weight excluding hydrogens is 398 g/mol. The molecule has 3 aromatic heterocycles. The normalized spacial score (nSPS) is 16.7. The molecule has 162 valence electrons. The lowest BCUT2D eigenvalue weighted by atomic mass is 10.0. The van der Waals surface area contributed by atoms with Crippen molar-refractivity contribution in [1.82, 2.24) is 19.2 Å². The number of aromatic nitrogens is 2. The Labute approximate surface area is 188 Å². The van der Waals surface area contributed by atoms with Crippen LogP contribution in [0.25, 0.3) is 28.2 Å². The average molecular weight is 426 g/mol. The van der Waals surface area contributed by atoms with E-state index in [2.05, 4.69) is 52.6 Å². The quantitative estimate of drug-likeness (QED) is 0.469. The van der Waals surface area contributed by atoms with Crippen molar-refractivity contribution in [2.24, 2.45) is 0 Å². The summed E-state index contributed by atoms with van der Waals surface area (Å²) in [6.07, 6.45) is 4.98. The average Bonchev–Trinajstić information content (AvgIpc) is 3.43. The molecule has 6 nitrogen and oxygen atoms in total. The molecule has 0 saturated carbocycles. The Bertz CT molecular complexity index is 1250. The van der Waals surface area contributed by atoms with E-state index in [1.165, 1.54) is 5.69 Å². The van der Waals surface area contributed by atoms with E-state index in [4.69, 9.17) is 9.40 Å². The van der Waals surface area contributed by atoms with Crippen LogP contribution in [0.3, 0.4) is 0 Å². The predicted octanol–water partition coefficient (Wildman–Crippen LogP) is 4.83. The first-order chi connectivity index (χ1) is 15.6. The third-order valence-corrected chi connectivity index (χ3v) is 6.45. The van der Waals surface area contributed by atoms with Crippen LogP contribution in [0.2, 0.25) is 0 Å². The molecule has 0 amide bonds. The number of likely N-dealkylation sites (N-methyl/N-ethyl adjacent to an activating group) is 1. The summed E-state index contributed by atoms with van der Waals surface area (Å²) in [5, 5.41) is 9.21. The molecule has 4 heterocycles. The van der Waals surface area contributed by atoms with Crippen LogP contribution in [-0.4, -0.2) is 52.4 Å². The number of benzene rings is 1. The maximum absolute atomic E-state index is 9.21. The number of hydrogen-bond acceptors (Lipinski definition) is 5. The number of hydrogen-bond donors (Lipinski definition) is 0. The van der Waals surface area contributed by atoms with Crippen LogP contribution in [0.1, 0.15) is 30.6 Å². The minimum Gasteiger partial charge on any atom is -0.464 e. The van der Waals surface area contributed by atoms with Crippen LogP contribution < -0.4 is 0 Å². The third kappa shape index (κ3) is 3.81. The SMILES string of the molecule is CC(c1c(-c2ccc(C#N)cc2)nc2ccc(-c3ccco3)cn12)N1CCCN(C)CC1. The highest BCUT2D eigenvalue weighted by atomic mass is 16.3. The zero-order valence-corrected chi connectivity index (χ0v) is 18.5. The second kappa shape index (κ2) is 8.62. The minimum atomic E-state index is 0.189. The summed E-state index contributed by atoms with van der Waals surface area (Å²) in [4.78, 5) is 9.98. The molecular formula is C26H27N5O. The fraction of sp³-hybridized carbons (Fsp3) is 0.308. The van der Waals surface area contributed by atoms with E-state index in [1.54, 1.807) is 6.26 Å². The second-order valence-electron chi connectivity index (χ2n) is 8.53. The van der Waals surface area contributed by atoms with Crippen LogP contribution in [0.15, 0.2) is 65.4 Å². The van der Waals surface area contributed by atoms with Crippen LogP contribution in [0, 0.1) is 11.3 Å². The van der Waals surface area contributed by atoms with E-state index in [-0.39, 0.29) is 6.04 Å². The van der Waals surface area contributed by atoms with Gasteiger partial charge in [-0.25, -0.2) is 4.98 Å². The van der Waals surface area contributed by atoms with Crippen LogP contribution >= 0.6 is 0 Å². The lowest BCUT2D eigenvalue weighted by Crippen LogP contribution is -2.32. The van der Waals surface area contributed by atoms with Crippen molar-refractivity contribution in [3.8, 4) is 28.7 Å². The number of nitriles is 1. The Kier molecular flexibility index (Phi) is 5.52. The van der Waals surface area contributed by atoms with Gasteiger partial charge in [-0.15, -0.1) is 0 Å². The molecule has 6 heteroatoms. The maximum atomic E-state index is 9.21. The molecule has 0 N–H and O–H groups in total. The van der Waals surface area contributed by atoms with E-state index in [0.29, 0.717) is 5.56 Å². The molecule has 1 atom stereocenters. The summed E-state index contributed by atoms with van der Waals surface area (Å²) >= 11 is 0. The Morgan fingerprint density at radius 1 is 1.00 bits per heavy atom. The molecule has 1 aliphatic heterocycles. The van der Waals surface area contributed by atoms with Gasteiger partial charge in [0.2, 0.25) is 0 Å². The van der Waals surface area contributed by atoms with Gasteiger partial charge >= 0.3 is 0 Å². The zero-order chi connectivity index (χ0) is 22.1. The van der Waals surface area contributed by atoms with E-state index in [9.17, 15) is 5.26 Å². The summed E-state index contributed by atoms with van der Waals surface area (Å²) < 4.78 is 7.86. The van der Waals surface area contributed by atoms with Crippen molar-refractivity contribution in [2.45, 2.75) is 19.4 Å². The van der Waals surface area contributed by atoms with Crippen LogP contribution in [0.5, 0.6) is 0 Å². The molecule has 32 heavy (non-hydrogen) atoms. The highest BCUT2D eigenvalue weighted by Crippen LogP contribution is 2.34. The van der Waals surface area contributed by atoms with E-state index >= 15 is 0 Å². The first-order valence-corrected chi connectivity index (χ1v) is 11.1. The molecule has 4 aromatic rings. The van der Waals surface area contributed by atoms with Crippen molar-refractivity contribution in [1.29, 1.82) is 5.26 Å². The molecule has 0 radical (unpaired) electrons. The van der Waals surface area contributed by atoms with Gasteiger partial charge < -0.3 is 13.7 Å². The maximum Gasteiger partial charge on any atom is 0.137 e. The lowest BCUT2D eigenvalue weighted by Gasteiger charge is -2.28. The summed E-state index contributed by atoms with van der Waals surface area (Å²) in [5.74, 6) is 0.843. The first kappa shape index (κ1) is 20.5. The van der Waals surface area contributed by atoms with E-state index in [1.807, 2.05) is 36.4 Å². The number of nitrogens with zero attached hydrogens (tertiary/aromatic N) is 5. The van der Waals surface area contributed by atoms with Crippen molar-refractivity contribution < 1.29 is 4.42 Å². The first-order valence-electron chi connectivity index (χ1n) is 11.1. The standard InChI is InChI=1S/C26H27N5O/c1-19(30-13-4-12-29(2)14-15-30)26-25(21-8-6-20(17-27)7-9-21)28-24-11-10-22(18-31(24)26)23-5-3-16-32-23/h3,5-11,16,18-19H,4,12-15H2,1-2H3. The lowest BCUT2D eigenvalue weighted by molar-refractivity contribution is 0.213. The van der Waals surface area contributed by atoms with E-state index < -0.39 is 0 Å². The molecule has 0 bridgehead atoms. The molecule has 0 aliphatic carbocycles. The number of furan rings is 1. The Balaban J connectivity index is 1.65. The topological polar surface area (TPSA) is 60.7 Å². The molecule has 1 unspecified atom stereocenters. The van der Waals surface area contributed by atoms with Crippen LogP contribution in [-0.2, 0) is 0 Å². The van der Waals surface area contributed by atoms with Gasteiger partial charge in [0.1, 0.15) is 11.4 Å². The molecule has 1 saturated heterocycles. The minimum absolute atomic E-state index is 0.189. The largest absolute Gasteiger partial charge is 0.464 e. The zero-order valence-electron chi connectivity index (χ0n) is 18.5. The summed E-state index contributed by atoms with van der Waals surface area (Å²) in [6, 6.07) is 18.1. The second-order valence-corrected chi connectivity index (χ2v) is 8.53. The Hall–Kier alpha value is -3.40. The smallest absolute Gasteiger partial charge is 0.137 e. The fourth-order valence-corrected chi connectivity index (χ4v) is 4.59. The molecule has 1 aliphatic rings. The summed E-state index contributed by atoms with van der Waals surface area (Å²) in [6.45, 7) is 6.55. The van der Waals surface area contributed by atoms with Gasteiger partial charge in [0.15, 0.2) is 0 Å². The van der Waals surface area contributed by atoms with Gasteiger partial charge in [-0.05, 0) is 63.3 Å². The number of imidazole rings is 1. The van der Waals surface area contributed by atoms with Crippen molar-refractivity contribution in [3.63, 3.8) is 0 Å². The Morgan fingerprint density at radius 2 is 1.81 bits per heavy atom. The number of rotatable bonds is 4. The van der Waals surface area contributed by atoms with Gasteiger partial charge in [-0.2, -0.15) is 5.26 Å². The van der Waals surface area contributed by atoms with Gasteiger partial charge in [0.25, 0.3) is 0 Å². The number of fused-ring (bicyclic) bond motifs is 1. The highest BCUT2D eigenvalue weighted by molar-refractivity contribution is 5.70. The Morgan fingerprint density at radius 3 is 2.56 bits per heavy atom. The van der Waals surface area contributed by atoms with Gasteiger partial charge in [-0.1, -0.05) is 12.1 Å². The third-order valence-electron chi connectivity index (χ3n) is 6.45. The monoisotopic (exact) mass is 425 g/mol. The van der Waals surface area contributed by atoms with Crippen molar-refractivity contribution in [2.75, 3.05) is 33.2 Å². The molecule has 5 rings (SSSR count). The van der Waals surface area contributed by atoms with Crippen molar-refractivity contribution >= 4 is 5.65 Å². The fourth-order valence-electron chi connectivity index (χ4n) is 4.59. The van der Waals surface area contributed by atoms with Gasteiger partial charge in [0, 0.05) is 43.0 Å². The molecule has 1 aromatic carbocycles. The van der Waals surface area contributed by atoms with Gasteiger partial charge in [0.05, 0.1) is 29.3 Å². The van der Waals surface area contributed by atoms with Gasteiger partial charge in [-0.3, -0.25) is 4.90 Å². The highest BCUT2D eigenvalue weighted by Gasteiger charge is 2.26. The predicted molar refractivity (Wildman–Crippen MR) is 125 cm³/mol. The van der Waals surface area contributed by atoms with E-state index in [0.717, 1.165) is 60.8 Å². The molecule has 1 fully saturated rings.